The van der Waals surface area contributed by atoms with Crippen molar-refractivity contribution in [3.63, 3.8) is 0 Å². The van der Waals surface area contributed by atoms with Crippen LogP contribution in [0.4, 0.5) is 5.82 Å². The van der Waals surface area contributed by atoms with Crippen LogP contribution in [0.3, 0.4) is 0 Å². The molecule has 1 aliphatic rings. The molecule has 1 aliphatic heterocycles. The molecule has 1 aromatic rings. The van der Waals surface area contributed by atoms with Gasteiger partial charge in [0, 0.05) is 38.6 Å². The van der Waals surface area contributed by atoms with Gasteiger partial charge in [-0.3, -0.25) is 4.79 Å². The van der Waals surface area contributed by atoms with Gasteiger partial charge in [0.2, 0.25) is 0 Å². The Morgan fingerprint density at radius 2 is 2.11 bits per heavy atom. The molecule has 0 unspecified atom stereocenters. The van der Waals surface area contributed by atoms with Crippen LogP contribution in [0.5, 0.6) is 0 Å². The Hall–Kier alpha value is -1.36. The number of aromatic nitrogens is 2. The van der Waals surface area contributed by atoms with E-state index in [-0.39, 0.29) is 5.56 Å². The summed E-state index contributed by atoms with van der Waals surface area (Å²) < 4.78 is 1.59. The van der Waals surface area contributed by atoms with Crippen LogP contribution in [0.1, 0.15) is 26.7 Å². The number of aryl methyl sites for hydroxylation is 1. The van der Waals surface area contributed by atoms with E-state index in [9.17, 15) is 4.79 Å². The van der Waals surface area contributed by atoms with E-state index >= 15 is 0 Å². The van der Waals surface area contributed by atoms with Gasteiger partial charge >= 0.3 is 0 Å². The van der Waals surface area contributed by atoms with Crippen molar-refractivity contribution in [2.75, 3.05) is 24.5 Å². The SMILES string of the molecule is CC(C)NCC1CCN(c2nccn(C)c2=O)CC1. The quantitative estimate of drug-likeness (QED) is 0.881. The van der Waals surface area contributed by atoms with Gasteiger partial charge in [-0.1, -0.05) is 13.8 Å². The predicted octanol–water partition coefficient (Wildman–Crippen LogP) is 0.995. The van der Waals surface area contributed by atoms with Gasteiger partial charge in [-0.25, -0.2) is 4.98 Å². The summed E-state index contributed by atoms with van der Waals surface area (Å²) >= 11 is 0. The lowest BCUT2D eigenvalue weighted by Crippen LogP contribution is -2.41. The van der Waals surface area contributed by atoms with Crippen molar-refractivity contribution in [1.29, 1.82) is 0 Å². The molecule has 1 N–H and O–H groups in total. The maximum Gasteiger partial charge on any atom is 0.293 e. The highest BCUT2D eigenvalue weighted by Gasteiger charge is 2.21. The minimum Gasteiger partial charge on any atom is -0.352 e. The molecule has 0 radical (unpaired) electrons. The molecule has 1 fully saturated rings. The number of anilines is 1. The number of nitrogens with zero attached hydrogens (tertiary/aromatic N) is 3. The van der Waals surface area contributed by atoms with Crippen LogP contribution >= 0.6 is 0 Å². The standard InChI is InChI=1S/C14H24N4O/c1-11(2)16-10-12-4-7-18(8-5-12)13-14(19)17(3)9-6-15-13/h6,9,11-12,16H,4-5,7-8,10H2,1-3H3. The molecule has 2 rings (SSSR count). The van der Waals surface area contributed by atoms with Gasteiger partial charge in [0.25, 0.3) is 5.56 Å². The van der Waals surface area contributed by atoms with E-state index < -0.39 is 0 Å². The molecule has 0 saturated carbocycles. The third-order valence-corrected chi connectivity index (χ3v) is 3.73. The lowest BCUT2D eigenvalue weighted by atomic mass is 9.96. The fourth-order valence-corrected chi connectivity index (χ4v) is 2.45. The second-order valence-corrected chi connectivity index (χ2v) is 5.66. The first-order valence-corrected chi connectivity index (χ1v) is 7.08. The topological polar surface area (TPSA) is 50.2 Å². The van der Waals surface area contributed by atoms with Gasteiger partial charge < -0.3 is 14.8 Å². The maximum atomic E-state index is 12.0. The van der Waals surface area contributed by atoms with Crippen LogP contribution in [-0.4, -0.2) is 35.2 Å². The maximum absolute atomic E-state index is 12.0. The number of hydrogen-bond donors (Lipinski definition) is 1. The van der Waals surface area contributed by atoms with Crippen molar-refractivity contribution >= 4 is 5.82 Å². The van der Waals surface area contributed by atoms with Crippen molar-refractivity contribution in [2.24, 2.45) is 13.0 Å². The minimum absolute atomic E-state index is 0.00116. The van der Waals surface area contributed by atoms with E-state index in [4.69, 9.17) is 0 Å². The van der Waals surface area contributed by atoms with E-state index in [1.165, 1.54) is 0 Å². The van der Waals surface area contributed by atoms with Crippen LogP contribution in [-0.2, 0) is 7.05 Å². The zero-order valence-electron chi connectivity index (χ0n) is 12.1. The van der Waals surface area contributed by atoms with Crippen LogP contribution in [0, 0.1) is 5.92 Å². The van der Waals surface area contributed by atoms with E-state index in [0.29, 0.717) is 17.8 Å². The molecule has 106 valence electrons. The Kier molecular flexibility index (Phi) is 4.58. The van der Waals surface area contributed by atoms with Crippen LogP contribution in [0.25, 0.3) is 0 Å². The van der Waals surface area contributed by atoms with E-state index in [0.717, 1.165) is 32.5 Å². The monoisotopic (exact) mass is 264 g/mol. The molecule has 0 aromatic carbocycles. The van der Waals surface area contributed by atoms with Crippen molar-refractivity contribution < 1.29 is 0 Å². The Bertz CT molecular complexity index is 461. The molecule has 5 nitrogen and oxygen atoms in total. The van der Waals surface area contributed by atoms with Crippen LogP contribution < -0.4 is 15.8 Å². The largest absolute Gasteiger partial charge is 0.352 e. The highest BCUT2D eigenvalue weighted by atomic mass is 16.1. The van der Waals surface area contributed by atoms with E-state index in [2.05, 4.69) is 29.0 Å². The molecule has 1 saturated heterocycles. The normalized spacial score (nSPS) is 17.2. The fourth-order valence-electron chi connectivity index (χ4n) is 2.45. The molecule has 0 bridgehead atoms. The highest BCUT2D eigenvalue weighted by Crippen LogP contribution is 2.19. The highest BCUT2D eigenvalue weighted by molar-refractivity contribution is 5.35. The van der Waals surface area contributed by atoms with Crippen molar-refractivity contribution in [3.8, 4) is 0 Å². The van der Waals surface area contributed by atoms with Gasteiger partial charge in [-0.15, -0.1) is 0 Å². The van der Waals surface area contributed by atoms with E-state index in [1.807, 2.05) is 0 Å². The van der Waals surface area contributed by atoms with Crippen LogP contribution in [0.2, 0.25) is 0 Å². The summed E-state index contributed by atoms with van der Waals surface area (Å²) in [5.41, 5.74) is 0.00116. The summed E-state index contributed by atoms with van der Waals surface area (Å²) in [6.45, 7) is 7.28. The van der Waals surface area contributed by atoms with Crippen molar-refractivity contribution in [3.05, 3.63) is 22.7 Å². The molecule has 19 heavy (non-hydrogen) atoms. The molecule has 5 heteroatoms. The number of rotatable bonds is 4. The fraction of sp³-hybridized carbons (Fsp3) is 0.714. The molecule has 2 heterocycles. The summed E-state index contributed by atoms with van der Waals surface area (Å²) in [6, 6.07) is 0.543. The van der Waals surface area contributed by atoms with Gasteiger partial charge in [-0.2, -0.15) is 0 Å². The summed E-state index contributed by atoms with van der Waals surface area (Å²) in [4.78, 5) is 18.4. The number of nitrogens with one attached hydrogen (secondary N) is 1. The lowest BCUT2D eigenvalue weighted by molar-refractivity contribution is 0.369. The summed E-state index contributed by atoms with van der Waals surface area (Å²) in [5, 5.41) is 3.49. The minimum atomic E-state index is 0.00116. The average Bonchev–Trinajstić information content (AvgIpc) is 2.40. The molecule has 1 aromatic heterocycles. The number of piperidine rings is 1. The first kappa shape index (κ1) is 14.1. The second kappa shape index (κ2) is 6.19. The summed E-state index contributed by atoms with van der Waals surface area (Å²) in [7, 11) is 1.77. The van der Waals surface area contributed by atoms with E-state index in [1.54, 1.807) is 24.0 Å². The molecule has 0 amide bonds. The van der Waals surface area contributed by atoms with Crippen molar-refractivity contribution in [1.82, 2.24) is 14.9 Å². The average molecular weight is 264 g/mol. The van der Waals surface area contributed by atoms with Gasteiger partial charge in [0.1, 0.15) is 0 Å². The summed E-state index contributed by atoms with van der Waals surface area (Å²) in [5.74, 6) is 1.31. The molecule has 0 spiro atoms. The first-order valence-electron chi connectivity index (χ1n) is 7.08. The predicted molar refractivity (Wildman–Crippen MR) is 77.6 cm³/mol. The molecular formula is C14H24N4O. The second-order valence-electron chi connectivity index (χ2n) is 5.66. The first-order chi connectivity index (χ1) is 9.08. The Morgan fingerprint density at radius 3 is 2.74 bits per heavy atom. The molecule has 0 atom stereocenters. The number of hydrogen-bond acceptors (Lipinski definition) is 4. The summed E-state index contributed by atoms with van der Waals surface area (Å²) in [6.07, 6.45) is 5.65. The molecule has 0 aliphatic carbocycles. The zero-order valence-corrected chi connectivity index (χ0v) is 12.1. The third-order valence-electron chi connectivity index (χ3n) is 3.73. The van der Waals surface area contributed by atoms with Gasteiger partial charge in [-0.05, 0) is 25.3 Å². The Morgan fingerprint density at radius 1 is 1.42 bits per heavy atom. The third kappa shape index (κ3) is 3.56. The van der Waals surface area contributed by atoms with Crippen molar-refractivity contribution in [2.45, 2.75) is 32.7 Å². The Labute approximate surface area is 114 Å². The van der Waals surface area contributed by atoms with Crippen LogP contribution in [0.15, 0.2) is 17.2 Å². The zero-order chi connectivity index (χ0) is 13.8. The lowest BCUT2D eigenvalue weighted by Gasteiger charge is -2.32. The molecular weight excluding hydrogens is 240 g/mol. The van der Waals surface area contributed by atoms with Gasteiger partial charge in [0.15, 0.2) is 5.82 Å². The van der Waals surface area contributed by atoms with Gasteiger partial charge in [0.05, 0.1) is 0 Å². The Balaban J connectivity index is 1.93. The smallest absolute Gasteiger partial charge is 0.293 e.